The van der Waals surface area contributed by atoms with E-state index in [4.69, 9.17) is 5.73 Å². The first-order valence-electron chi connectivity index (χ1n) is 2.97. The Morgan fingerprint density at radius 1 is 1.88 bits per heavy atom. The lowest BCUT2D eigenvalue weighted by Gasteiger charge is -1.92. The van der Waals surface area contributed by atoms with Crippen molar-refractivity contribution in [1.29, 1.82) is 0 Å². The van der Waals surface area contributed by atoms with Gasteiger partial charge in [-0.05, 0) is 19.2 Å². The number of nitrogens with two attached hydrogens (primary N) is 1. The predicted octanol–water partition coefficient (Wildman–Crippen LogP) is 0.163. The zero-order chi connectivity index (χ0) is 5.98. The fourth-order valence-electron chi connectivity index (χ4n) is 0.869. The lowest BCUT2D eigenvalue weighted by atomic mass is 10.3. The van der Waals surface area contributed by atoms with Gasteiger partial charge in [0.15, 0.2) is 0 Å². The molecule has 1 saturated heterocycles. The van der Waals surface area contributed by atoms with Gasteiger partial charge < -0.3 is 10.6 Å². The zero-order valence-electron chi connectivity index (χ0n) is 5.01. The third kappa shape index (κ3) is 1.01. The summed E-state index contributed by atoms with van der Waals surface area (Å²) in [5.74, 6) is 0. The fraction of sp³-hybridized carbons (Fsp3) is 0.667. The quantitative estimate of drug-likeness (QED) is 0.527. The maximum Gasteiger partial charge on any atom is 0.0472 e. The monoisotopic (exact) mass is 112 g/mol. The minimum absolute atomic E-state index is 0.720. The first-order chi connectivity index (χ1) is 3.88. The zero-order valence-corrected chi connectivity index (χ0v) is 5.01. The normalized spacial score (nSPS) is 25.6. The van der Waals surface area contributed by atoms with Crippen LogP contribution in [-0.4, -0.2) is 24.0 Å². The molecule has 0 aromatic rings. The van der Waals surface area contributed by atoms with E-state index in [1.54, 1.807) is 0 Å². The number of nitrogens with zero attached hydrogens (tertiary/aromatic N) is 1. The van der Waals surface area contributed by atoms with E-state index in [1.165, 1.54) is 6.54 Å². The van der Waals surface area contributed by atoms with Crippen LogP contribution < -0.4 is 5.73 Å². The minimum atomic E-state index is 0.720. The first kappa shape index (κ1) is 5.63. The summed E-state index contributed by atoms with van der Waals surface area (Å²) in [6.07, 6.45) is 2.99. The molecule has 2 heteroatoms. The van der Waals surface area contributed by atoms with Crippen molar-refractivity contribution in [2.45, 2.75) is 12.5 Å². The Morgan fingerprint density at radius 3 is 3.00 bits per heavy atom. The molecule has 0 saturated carbocycles. The van der Waals surface area contributed by atoms with Gasteiger partial charge >= 0.3 is 0 Å². The van der Waals surface area contributed by atoms with Gasteiger partial charge in [-0.3, -0.25) is 0 Å². The van der Waals surface area contributed by atoms with Crippen LogP contribution in [0.4, 0.5) is 0 Å². The molecule has 1 fully saturated rings. The molecule has 0 aromatic carbocycles. The minimum Gasteiger partial charge on any atom is -0.371 e. The summed E-state index contributed by atoms with van der Waals surface area (Å²) in [6.45, 7) is 5.61. The Labute approximate surface area is 50.0 Å². The summed E-state index contributed by atoms with van der Waals surface area (Å²) in [7, 11) is 0. The topological polar surface area (TPSA) is 29.0 Å². The van der Waals surface area contributed by atoms with Crippen LogP contribution in [0.5, 0.6) is 0 Å². The molecule has 8 heavy (non-hydrogen) atoms. The number of hydrogen-bond acceptors (Lipinski definition) is 2. The molecule has 1 unspecified atom stereocenters. The van der Waals surface area contributed by atoms with E-state index < -0.39 is 0 Å². The van der Waals surface area contributed by atoms with Gasteiger partial charge in [0.2, 0.25) is 0 Å². The molecular weight excluding hydrogens is 100 g/mol. The molecule has 46 valence electrons. The SMILES string of the molecule is C=CN1CC1CCN. The highest BCUT2D eigenvalue weighted by Gasteiger charge is 2.28. The Balaban J connectivity index is 2.07. The van der Waals surface area contributed by atoms with Crippen LogP contribution in [0.15, 0.2) is 12.8 Å². The van der Waals surface area contributed by atoms with Crippen molar-refractivity contribution in [2.24, 2.45) is 5.73 Å². The Bertz CT molecular complexity index is 90.5. The first-order valence-corrected chi connectivity index (χ1v) is 2.97. The van der Waals surface area contributed by atoms with Gasteiger partial charge in [-0.15, -0.1) is 0 Å². The van der Waals surface area contributed by atoms with Crippen LogP contribution in [0, 0.1) is 0 Å². The third-order valence-electron chi connectivity index (χ3n) is 1.49. The van der Waals surface area contributed by atoms with Crippen molar-refractivity contribution >= 4 is 0 Å². The molecule has 0 spiro atoms. The van der Waals surface area contributed by atoms with E-state index in [9.17, 15) is 0 Å². The lowest BCUT2D eigenvalue weighted by molar-refractivity contribution is 0.641. The van der Waals surface area contributed by atoms with E-state index in [-0.39, 0.29) is 0 Å². The van der Waals surface area contributed by atoms with Crippen LogP contribution in [-0.2, 0) is 0 Å². The fourth-order valence-corrected chi connectivity index (χ4v) is 0.869. The molecule has 2 nitrogen and oxygen atoms in total. The molecule has 1 rings (SSSR count). The smallest absolute Gasteiger partial charge is 0.0472 e. The van der Waals surface area contributed by atoms with Crippen molar-refractivity contribution in [1.82, 2.24) is 4.90 Å². The molecule has 0 bridgehead atoms. The van der Waals surface area contributed by atoms with Gasteiger partial charge in [0, 0.05) is 12.6 Å². The molecule has 1 heterocycles. The molecule has 0 aromatic heterocycles. The summed E-state index contributed by atoms with van der Waals surface area (Å²) in [5, 5.41) is 0. The van der Waals surface area contributed by atoms with Crippen molar-refractivity contribution in [3.05, 3.63) is 12.8 Å². The largest absolute Gasteiger partial charge is 0.371 e. The van der Waals surface area contributed by atoms with Crippen molar-refractivity contribution in [3.8, 4) is 0 Å². The van der Waals surface area contributed by atoms with Gasteiger partial charge in [0.1, 0.15) is 0 Å². The van der Waals surface area contributed by atoms with E-state index in [0.717, 1.165) is 19.0 Å². The molecule has 0 amide bonds. The van der Waals surface area contributed by atoms with Gasteiger partial charge in [-0.25, -0.2) is 0 Å². The number of rotatable bonds is 3. The van der Waals surface area contributed by atoms with Gasteiger partial charge in [0.05, 0.1) is 0 Å². The highest BCUT2D eigenvalue weighted by molar-refractivity contribution is 4.95. The van der Waals surface area contributed by atoms with E-state index in [0.29, 0.717) is 0 Å². The summed E-state index contributed by atoms with van der Waals surface area (Å²) >= 11 is 0. The highest BCUT2D eigenvalue weighted by atomic mass is 15.3. The van der Waals surface area contributed by atoms with Crippen LogP contribution >= 0.6 is 0 Å². The van der Waals surface area contributed by atoms with Crippen LogP contribution in [0.25, 0.3) is 0 Å². The number of hydrogen-bond donors (Lipinski definition) is 1. The lowest BCUT2D eigenvalue weighted by Crippen LogP contribution is -2.04. The molecule has 2 N–H and O–H groups in total. The van der Waals surface area contributed by atoms with Crippen LogP contribution in [0.1, 0.15) is 6.42 Å². The molecule has 1 aliphatic heterocycles. The van der Waals surface area contributed by atoms with E-state index >= 15 is 0 Å². The van der Waals surface area contributed by atoms with Crippen LogP contribution in [0.3, 0.4) is 0 Å². The molecule has 1 atom stereocenters. The van der Waals surface area contributed by atoms with E-state index in [2.05, 4.69) is 11.5 Å². The standard InChI is InChI=1S/C6H12N2/c1-2-8-5-6(8)3-4-7/h2,6H,1,3-5,7H2. The van der Waals surface area contributed by atoms with Gasteiger partial charge in [-0.1, -0.05) is 6.58 Å². The van der Waals surface area contributed by atoms with Crippen molar-refractivity contribution in [2.75, 3.05) is 13.1 Å². The van der Waals surface area contributed by atoms with Gasteiger partial charge in [-0.2, -0.15) is 0 Å². The third-order valence-corrected chi connectivity index (χ3v) is 1.49. The molecule has 1 aliphatic rings. The highest BCUT2D eigenvalue weighted by Crippen LogP contribution is 2.18. The van der Waals surface area contributed by atoms with Crippen molar-refractivity contribution < 1.29 is 0 Å². The Morgan fingerprint density at radius 2 is 2.62 bits per heavy atom. The Kier molecular flexibility index (Phi) is 1.53. The summed E-state index contributed by atoms with van der Waals surface area (Å²) in [5.41, 5.74) is 5.33. The summed E-state index contributed by atoms with van der Waals surface area (Å²) < 4.78 is 0. The van der Waals surface area contributed by atoms with Gasteiger partial charge in [0.25, 0.3) is 0 Å². The van der Waals surface area contributed by atoms with E-state index in [1.807, 2.05) is 6.20 Å². The second kappa shape index (κ2) is 2.18. The molecular formula is C6H12N2. The average molecular weight is 112 g/mol. The predicted molar refractivity (Wildman–Crippen MR) is 34.4 cm³/mol. The second-order valence-electron chi connectivity index (χ2n) is 2.11. The maximum absolute atomic E-state index is 5.33. The van der Waals surface area contributed by atoms with Crippen LogP contribution in [0.2, 0.25) is 0 Å². The Hall–Kier alpha value is -0.500. The second-order valence-corrected chi connectivity index (χ2v) is 2.11. The molecule has 0 radical (unpaired) electrons. The molecule has 0 aliphatic carbocycles. The average Bonchev–Trinajstić information content (AvgIpc) is 2.48. The van der Waals surface area contributed by atoms with Crippen molar-refractivity contribution in [3.63, 3.8) is 0 Å². The summed E-state index contributed by atoms with van der Waals surface area (Å²) in [4.78, 5) is 2.19. The summed E-state index contributed by atoms with van der Waals surface area (Å²) in [6, 6.07) is 0.720. The maximum atomic E-state index is 5.33.